The number of amides is 3. The summed E-state index contributed by atoms with van der Waals surface area (Å²) in [4.78, 5) is 64.7. The average Bonchev–Trinajstić information content (AvgIpc) is 2.84. The second-order valence-electron chi connectivity index (χ2n) is 8.05. The number of guanidine groups is 1. The number of hydrogen-bond donors (Lipinski definition) is 9. The smallest absolute Gasteiger partial charge is 0.326 e. The molecule has 0 aliphatic heterocycles. The summed E-state index contributed by atoms with van der Waals surface area (Å²) < 4.78 is 0. The van der Waals surface area contributed by atoms with E-state index in [4.69, 9.17) is 22.3 Å². The highest BCUT2D eigenvalue weighted by Crippen LogP contribution is 2.07. The Morgan fingerprint density at radius 2 is 1.46 bits per heavy atom. The van der Waals surface area contributed by atoms with Crippen LogP contribution in [-0.4, -0.2) is 82.3 Å². The van der Waals surface area contributed by atoms with Gasteiger partial charge in [-0.25, -0.2) is 4.79 Å². The lowest BCUT2D eigenvalue weighted by atomic mass is 10.0. The highest BCUT2D eigenvalue weighted by atomic mass is 32.1. The van der Waals surface area contributed by atoms with Crippen molar-refractivity contribution < 1.29 is 34.2 Å². The molecular formula is C22H33N7O7S. The zero-order chi connectivity index (χ0) is 28.0. The number of carboxylic acids is 2. The topological polar surface area (TPSA) is 252 Å². The highest BCUT2D eigenvalue weighted by Gasteiger charge is 2.31. The highest BCUT2D eigenvalue weighted by molar-refractivity contribution is 7.80. The molecule has 1 aromatic rings. The third-order valence-electron chi connectivity index (χ3n) is 5.02. The molecule has 15 heteroatoms. The van der Waals surface area contributed by atoms with Crippen molar-refractivity contribution in [3.05, 3.63) is 35.9 Å². The summed E-state index contributed by atoms with van der Waals surface area (Å²) in [5.41, 5.74) is 16.9. The molecule has 0 radical (unpaired) electrons. The third kappa shape index (κ3) is 12.1. The maximum Gasteiger partial charge on any atom is 0.326 e. The molecule has 0 fully saturated rings. The molecule has 0 aromatic heterocycles. The Labute approximate surface area is 218 Å². The van der Waals surface area contributed by atoms with E-state index < -0.39 is 60.2 Å². The molecule has 0 aliphatic rings. The van der Waals surface area contributed by atoms with Crippen LogP contribution >= 0.6 is 12.6 Å². The second-order valence-corrected chi connectivity index (χ2v) is 8.41. The molecule has 37 heavy (non-hydrogen) atoms. The number of hydrogen-bond acceptors (Lipinski definition) is 8. The van der Waals surface area contributed by atoms with Crippen LogP contribution in [0.5, 0.6) is 0 Å². The number of aliphatic imine (C=N–C) groups is 1. The van der Waals surface area contributed by atoms with Gasteiger partial charge in [0.1, 0.15) is 18.1 Å². The number of carbonyl (C=O) groups is 5. The van der Waals surface area contributed by atoms with Gasteiger partial charge < -0.3 is 43.4 Å². The molecule has 0 aliphatic carbocycles. The van der Waals surface area contributed by atoms with E-state index in [-0.39, 0.29) is 31.1 Å². The van der Waals surface area contributed by atoms with E-state index in [2.05, 4.69) is 33.6 Å². The van der Waals surface area contributed by atoms with Crippen LogP contribution in [0.25, 0.3) is 0 Å². The minimum Gasteiger partial charge on any atom is -0.481 e. The normalized spacial score (nSPS) is 13.8. The van der Waals surface area contributed by atoms with Crippen molar-refractivity contribution in [3.8, 4) is 0 Å². The lowest BCUT2D eigenvalue weighted by molar-refractivity contribution is -0.147. The molecule has 0 spiro atoms. The molecule has 14 nitrogen and oxygen atoms in total. The maximum absolute atomic E-state index is 13.2. The van der Waals surface area contributed by atoms with Gasteiger partial charge in [-0.1, -0.05) is 30.3 Å². The Kier molecular flexibility index (Phi) is 13.5. The van der Waals surface area contributed by atoms with Crippen LogP contribution in [0, 0.1) is 0 Å². The van der Waals surface area contributed by atoms with E-state index in [1.165, 1.54) is 0 Å². The number of carbonyl (C=O) groups excluding carboxylic acids is 3. The predicted octanol–water partition coefficient (Wildman–Crippen LogP) is -2.45. The number of nitrogens with one attached hydrogen (secondary N) is 3. The van der Waals surface area contributed by atoms with Gasteiger partial charge in [0.2, 0.25) is 17.7 Å². The van der Waals surface area contributed by atoms with Crippen molar-refractivity contribution in [2.24, 2.45) is 22.2 Å². The van der Waals surface area contributed by atoms with Gasteiger partial charge in [-0.3, -0.25) is 24.2 Å². The van der Waals surface area contributed by atoms with E-state index in [9.17, 15) is 29.1 Å². The summed E-state index contributed by atoms with van der Waals surface area (Å²) >= 11 is 3.97. The van der Waals surface area contributed by atoms with Crippen LogP contribution < -0.4 is 33.2 Å². The summed E-state index contributed by atoms with van der Waals surface area (Å²) in [5, 5.41) is 25.4. The molecule has 0 bridgehead atoms. The standard InChI is InChI=1S/C22H33N7O7S/c23-13(11-37)18(32)27-14(7-4-8-26-22(24)25)19(33)28-15(9-12-5-2-1-3-6-12)20(34)29-16(21(35)36)10-17(30)31/h1-3,5-6,13-16,37H,4,7-11,23H2,(H,27,32)(H,28,33)(H,29,34)(H,30,31)(H,35,36)(H4,24,25,26). The number of aliphatic carboxylic acids is 2. The summed E-state index contributed by atoms with van der Waals surface area (Å²) in [5.74, 6) is -5.40. The van der Waals surface area contributed by atoms with Gasteiger partial charge in [0.15, 0.2) is 5.96 Å². The first-order valence-electron chi connectivity index (χ1n) is 11.3. The number of thiol groups is 1. The van der Waals surface area contributed by atoms with Crippen LogP contribution in [0.15, 0.2) is 35.3 Å². The number of benzene rings is 1. The lowest BCUT2D eigenvalue weighted by Gasteiger charge is -2.25. The quantitative estimate of drug-likeness (QED) is 0.0464. The van der Waals surface area contributed by atoms with Gasteiger partial charge in [-0.15, -0.1) is 0 Å². The zero-order valence-electron chi connectivity index (χ0n) is 20.0. The SMILES string of the molecule is NC(N)=NCCCC(NC(=O)C(N)CS)C(=O)NC(Cc1ccccc1)C(=O)NC(CC(=O)O)C(=O)O. The molecule has 204 valence electrons. The van der Waals surface area contributed by atoms with E-state index >= 15 is 0 Å². The maximum atomic E-state index is 13.2. The van der Waals surface area contributed by atoms with E-state index in [0.29, 0.717) is 12.0 Å². The number of carboxylic acid groups (broad SMARTS) is 2. The van der Waals surface area contributed by atoms with Gasteiger partial charge >= 0.3 is 11.9 Å². The third-order valence-corrected chi connectivity index (χ3v) is 5.41. The van der Waals surface area contributed by atoms with Crippen molar-refractivity contribution in [3.63, 3.8) is 0 Å². The minimum atomic E-state index is -1.72. The fourth-order valence-electron chi connectivity index (χ4n) is 3.11. The minimum absolute atomic E-state index is 0.0212. The Hall–Kier alpha value is -3.85. The van der Waals surface area contributed by atoms with Crippen molar-refractivity contribution in [2.75, 3.05) is 12.3 Å². The monoisotopic (exact) mass is 539 g/mol. The fourth-order valence-corrected chi connectivity index (χ4v) is 3.28. The Balaban J connectivity index is 3.14. The summed E-state index contributed by atoms with van der Waals surface area (Å²) in [7, 11) is 0. The number of nitrogens with two attached hydrogens (primary N) is 3. The van der Waals surface area contributed by atoms with Crippen molar-refractivity contribution >= 4 is 48.2 Å². The molecule has 3 amide bonds. The molecular weight excluding hydrogens is 506 g/mol. The van der Waals surface area contributed by atoms with Crippen molar-refractivity contribution in [1.29, 1.82) is 0 Å². The van der Waals surface area contributed by atoms with E-state index in [0.717, 1.165) is 0 Å². The zero-order valence-corrected chi connectivity index (χ0v) is 20.9. The predicted molar refractivity (Wildman–Crippen MR) is 138 cm³/mol. The van der Waals surface area contributed by atoms with Gasteiger partial charge in [0.25, 0.3) is 0 Å². The Bertz CT molecular complexity index is 973. The fraction of sp³-hybridized carbons (Fsp3) is 0.455. The molecule has 0 saturated carbocycles. The first-order valence-corrected chi connectivity index (χ1v) is 11.9. The van der Waals surface area contributed by atoms with Crippen LogP contribution in [0.4, 0.5) is 0 Å². The van der Waals surface area contributed by atoms with Crippen molar-refractivity contribution in [2.45, 2.75) is 49.9 Å². The molecule has 11 N–H and O–H groups in total. The summed E-state index contributed by atoms with van der Waals surface area (Å²) in [6.07, 6.45) is -0.521. The number of rotatable bonds is 16. The largest absolute Gasteiger partial charge is 0.481 e. The van der Waals surface area contributed by atoms with Gasteiger partial charge in [0, 0.05) is 18.7 Å². The van der Waals surface area contributed by atoms with E-state index in [1.807, 2.05) is 0 Å². The molecule has 1 aromatic carbocycles. The molecule has 0 saturated heterocycles. The molecule has 4 atom stereocenters. The average molecular weight is 540 g/mol. The van der Waals surface area contributed by atoms with Crippen LogP contribution in [-0.2, 0) is 30.4 Å². The Morgan fingerprint density at radius 1 is 0.892 bits per heavy atom. The summed E-state index contributed by atoms with van der Waals surface area (Å²) in [6.45, 7) is 0.171. The Morgan fingerprint density at radius 3 is 2.00 bits per heavy atom. The molecule has 1 rings (SSSR count). The van der Waals surface area contributed by atoms with Crippen LogP contribution in [0.1, 0.15) is 24.8 Å². The van der Waals surface area contributed by atoms with Crippen molar-refractivity contribution in [1.82, 2.24) is 16.0 Å². The molecule has 4 unspecified atom stereocenters. The molecule has 0 heterocycles. The second kappa shape index (κ2) is 16.0. The first kappa shape index (κ1) is 31.2. The van der Waals surface area contributed by atoms with Crippen LogP contribution in [0.3, 0.4) is 0 Å². The van der Waals surface area contributed by atoms with Gasteiger partial charge in [-0.05, 0) is 18.4 Å². The van der Waals surface area contributed by atoms with Gasteiger partial charge in [0.05, 0.1) is 12.5 Å². The van der Waals surface area contributed by atoms with Gasteiger partial charge in [-0.2, -0.15) is 12.6 Å². The van der Waals surface area contributed by atoms with E-state index in [1.54, 1.807) is 30.3 Å². The van der Waals surface area contributed by atoms with Crippen LogP contribution in [0.2, 0.25) is 0 Å². The lowest BCUT2D eigenvalue weighted by Crippen LogP contribution is -2.58. The first-order chi connectivity index (χ1) is 17.4. The summed E-state index contributed by atoms with van der Waals surface area (Å²) in [6, 6.07) is 3.42. The number of nitrogens with zero attached hydrogens (tertiary/aromatic N) is 1.